The summed E-state index contributed by atoms with van der Waals surface area (Å²) in [6.07, 6.45) is 55.1. The number of carbonyl (C=O) groups is 2. The van der Waals surface area contributed by atoms with Gasteiger partial charge in [0.05, 0.1) is 38.5 Å². The van der Waals surface area contributed by atoms with Crippen molar-refractivity contribution in [3.05, 3.63) is 24.3 Å². The number of ether oxygens (including phenoxy) is 2. The van der Waals surface area contributed by atoms with Gasteiger partial charge in [-0.1, -0.05) is 154 Å². The lowest BCUT2D eigenvalue weighted by molar-refractivity contribution is -0.124. The highest BCUT2D eigenvalue weighted by Gasteiger charge is 2.19. The van der Waals surface area contributed by atoms with Gasteiger partial charge in [-0.05, 0) is 220 Å². The molecule has 0 aliphatic carbocycles. The van der Waals surface area contributed by atoms with Crippen LogP contribution in [0.5, 0.6) is 0 Å². The minimum Gasteiger partial charge on any atom is -0.378 e. The molecule has 0 aromatic carbocycles. The van der Waals surface area contributed by atoms with Crippen LogP contribution in [-0.2, 0) is 19.1 Å². The van der Waals surface area contributed by atoms with E-state index in [1.807, 2.05) is 0 Å². The van der Waals surface area contributed by atoms with Crippen molar-refractivity contribution in [3.63, 3.8) is 0 Å². The topological polar surface area (TPSA) is 235 Å². The van der Waals surface area contributed by atoms with Crippen molar-refractivity contribution in [3.8, 4) is 0 Å². The van der Waals surface area contributed by atoms with E-state index in [1.54, 1.807) is 0 Å². The second-order valence-corrected chi connectivity index (χ2v) is 24.4. The van der Waals surface area contributed by atoms with Gasteiger partial charge in [0.1, 0.15) is 0 Å². The molecule has 14 N–H and O–H groups in total. The van der Waals surface area contributed by atoms with Crippen molar-refractivity contribution in [2.45, 2.75) is 270 Å². The Morgan fingerprint density at radius 1 is 0.337 bits per heavy atom. The van der Waals surface area contributed by atoms with Gasteiger partial charge in [-0.15, -0.1) is 0 Å². The summed E-state index contributed by atoms with van der Waals surface area (Å²) in [4.78, 5) is 31.8. The van der Waals surface area contributed by atoms with Crippen LogP contribution in [0.1, 0.15) is 258 Å². The predicted molar refractivity (Wildman–Crippen MR) is 371 cm³/mol. The largest absolute Gasteiger partial charge is 0.378 e. The van der Waals surface area contributed by atoms with Crippen LogP contribution in [0.4, 0.5) is 0 Å². The lowest BCUT2D eigenvalue weighted by Gasteiger charge is -2.24. The Kier molecular flexibility index (Phi) is 70.3. The van der Waals surface area contributed by atoms with Crippen LogP contribution in [0, 0.1) is 0 Å². The summed E-state index contributed by atoms with van der Waals surface area (Å²) >= 11 is 0. The van der Waals surface area contributed by atoms with E-state index in [1.165, 1.54) is 180 Å². The fraction of sp³-hybridized carbons (Fsp3) is 0.914. The molecule has 0 spiro atoms. The van der Waals surface area contributed by atoms with Gasteiger partial charge < -0.3 is 74.1 Å². The highest BCUT2D eigenvalue weighted by molar-refractivity contribution is 5.82. The quantitative estimate of drug-likeness (QED) is 0.0202. The van der Waals surface area contributed by atoms with E-state index in [0.717, 1.165) is 143 Å². The lowest BCUT2D eigenvalue weighted by atomic mass is 10.1. The van der Waals surface area contributed by atoms with E-state index in [-0.39, 0.29) is 23.9 Å². The second-order valence-electron chi connectivity index (χ2n) is 24.4. The number of nitrogens with two attached hydrogens (primary N) is 4. The molecule has 16 nitrogen and oxygen atoms in total. The Labute approximate surface area is 531 Å². The van der Waals surface area contributed by atoms with E-state index >= 15 is 0 Å². The normalized spacial score (nSPS) is 12.7. The lowest BCUT2D eigenvalue weighted by Crippen LogP contribution is -2.45. The zero-order valence-corrected chi connectivity index (χ0v) is 56.7. The van der Waals surface area contributed by atoms with Gasteiger partial charge in [-0.2, -0.15) is 0 Å². The molecule has 2 unspecified atom stereocenters. The van der Waals surface area contributed by atoms with E-state index in [4.69, 9.17) is 32.4 Å². The van der Waals surface area contributed by atoms with Crippen LogP contribution in [0.2, 0.25) is 0 Å². The molecule has 86 heavy (non-hydrogen) atoms. The van der Waals surface area contributed by atoms with Crippen molar-refractivity contribution < 1.29 is 19.1 Å². The smallest absolute Gasteiger partial charge is 0.237 e. The summed E-state index contributed by atoms with van der Waals surface area (Å²) in [5.41, 5.74) is 22.9. The number of allylic oxidation sites excluding steroid dienone is 4. The summed E-state index contributed by atoms with van der Waals surface area (Å²) in [5, 5.41) is 20.3. The van der Waals surface area contributed by atoms with E-state index in [9.17, 15) is 9.59 Å². The first-order valence-electron chi connectivity index (χ1n) is 36.6. The molecule has 0 saturated carbocycles. The molecule has 0 radical (unpaired) electrons. The molecular weight excluding hydrogens is 1070 g/mol. The Hall–Kier alpha value is -2.06. The number of nitrogens with one attached hydrogen (secondary N) is 6. The fourth-order valence-electron chi connectivity index (χ4n) is 10.8. The highest BCUT2D eigenvalue weighted by atomic mass is 16.5. The van der Waals surface area contributed by atoms with Gasteiger partial charge >= 0.3 is 0 Å². The molecule has 2 atom stereocenters. The number of carbonyl (C=O) groups excluding carboxylic acids is 2. The van der Waals surface area contributed by atoms with Crippen LogP contribution < -0.4 is 54.8 Å². The monoisotopic (exact) mass is 1220 g/mol. The average molecular weight is 1220 g/mol. The third-order valence-electron chi connectivity index (χ3n) is 16.3. The molecule has 0 aromatic rings. The van der Waals surface area contributed by atoms with E-state index in [0.29, 0.717) is 65.7 Å². The van der Waals surface area contributed by atoms with Crippen LogP contribution in [0.25, 0.3) is 0 Å². The maximum Gasteiger partial charge on any atom is 0.237 e. The molecule has 16 heteroatoms. The van der Waals surface area contributed by atoms with Gasteiger partial charge in [0.2, 0.25) is 11.8 Å². The van der Waals surface area contributed by atoms with Crippen LogP contribution >= 0.6 is 0 Å². The van der Waals surface area contributed by atoms with Gasteiger partial charge in [0, 0.05) is 26.2 Å². The summed E-state index contributed by atoms with van der Waals surface area (Å²) in [6, 6.07) is -0.420. The van der Waals surface area contributed by atoms with Gasteiger partial charge in [-0.25, -0.2) is 0 Å². The van der Waals surface area contributed by atoms with Crippen LogP contribution in [0.3, 0.4) is 0 Å². The Bertz CT molecular complexity index is 1320. The molecule has 510 valence electrons. The maximum atomic E-state index is 13.4. The first-order chi connectivity index (χ1) is 42.5. The van der Waals surface area contributed by atoms with E-state index < -0.39 is 0 Å². The summed E-state index contributed by atoms with van der Waals surface area (Å²) in [6.45, 7) is 21.7. The third kappa shape index (κ3) is 62.1. The number of rotatable bonds is 73. The third-order valence-corrected chi connectivity index (χ3v) is 16.3. The summed E-state index contributed by atoms with van der Waals surface area (Å²) in [5.74, 6) is 0.172. The molecule has 0 fully saturated rings. The van der Waals surface area contributed by atoms with Crippen molar-refractivity contribution in [2.75, 3.05) is 144 Å². The molecule has 0 bridgehead atoms. The maximum absolute atomic E-state index is 13.4. The first-order valence-corrected chi connectivity index (χ1v) is 36.6. The molecule has 0 saturated heterocycles. The summed E-state index contributed by atoms with van der Waals surface area (Å²) in [7, 11) is 0. The molecule has 2 amide bonds. The van der Waals surface area contributed by atoms with Crippen molar-refractivity contribution in [2.24, 2.45) is 22.9 Å². The second kappa shape index (κ2) is 72.0. The van der Waals surface area contributed by atoms with Crippen LogP contribution in [-0.4, -0.2) is 178 Å². The van der Waals surface area contributed by atoms with Crippen molar-refractivity contribution >= 4 is 11.8 Å². The molecule has 0 rings (SSSR count). The zero-order valence-electron chi connectivity index (χ0n) is 56.7. The van der Waals surface area contributed by atoms with Crippen LogP contribution in [0.15, 0.2) is 24.3 Å². The first kappa shape index (κ1) is 83.9. The standard InChI is InChI=1S/C70H146N12O4/c1-3-5-7-9-11-13-15-17-19-21-23-25-27-29-31-33-57-81(59-41-55-79-69(83)67(77-53-39-47-73)43-35-49-75-51-37-45-71)61-63-85-65-66-86-64-62-82(58-34-32-30-28-26-24-22-20-18-16-14-12-10-8-6-4-2)60-42-56-80-70(84)68(78-54-40-48-74)44-36-50-76-52-38-46-72/h17-20,67-68,75-78H,3-16,21-66,71-74H2,1-2H3,(H,79,83)(H,80,84). The van der Waals surface area contributed by atoms with E-state index in [2.05, 4.69) is 79.9 Å². The fourth-order valence-corrected chi connectivity index (χ4v) is 10.8. The molecule has 0 aliphatic rings. The van der Waals surface area contributed by atoms with Gasteiger partial charge in [-0.3, -0.25) is 9.59 Å². The Balaban J connectivity index is 5.20. The zero-order chi connectivity index (χ0) is 62.4. The highest BCUT2D eigenvalue weighted by Crippen LogP contribution is 2.13. The molecule has 0 aliphatic heterocycles. The predicted octanol–water partition coefficient (Wildman–Crippen LogP) is 10.8. The Morgan fingerprint density at radius 3 is 0.988 bits per heavy atom. The van der Waals surface area contributed by atoms with Gasteiger partial charge in [0.15, 0.2) is 0 Å². The number of unbranched alkanes of at least 4 members (excludes halogenated alkanes) is 24. The number of hydrogen-bond acceptors (Lipinski definition) is 14. The average Bonchev–Trinajstić information content (AvgIpc) is 3.59. The number of hydrogen-bond donors (Lipinski definition) is 10. The van der Waals surface area contributed by atoms with Gasteiger partial charge in [0.25, 0.3) is 0 Å². The molecule has 0 heterocycles. The molecule has 0 aromatic heterocycles. The SMILES string of the molecule is CCCCCCCCC=CCCCCCCCCN(CCCNC(=O)C(CCCNCCCN)NCCCN)CCOCCOCCN(CCCCCCCCC=CCCCCCCCC)CCCNC(=O)C(CCCNCCCN)NCCCN. The number of nitrogens with zero attached hydrogens (tertiary/aromatic N) is 2. The van der Waals surface area contributed by atoms with Crippen molar-refractivity contribution in [1.82, 2.24) is 41.7 Å². The number of amides is 2. The Morgan fingerprint density at radius 2 is 0.640 bits per heavy atom. The summed E-state index contributed by atoms with van der Waals surface area (Å²) < 4.78 is 12.4. The minimum absolute atomic E-state index is 0.0861. The minimum atomic E-state index is -0.210. The van der Waals surface area contributed by atoms with Crippen molar-refractivity contribution in [1.29, 1.82) is 0 Å². The molecular formula is C70H146N12O4.